The molecule has 28 heavy (non-hydrogen) atoms. The molecule has 3 heterocycles. The highest BCUT2D eigenvalue weighted by molar-refractivity contribution is 7.98. The number of nitrogens with zero attached hydrogens (tertiary/aromatic N) is 4. The van der Waals surface area contributed by atoms with E-state index in [1.54, 1.807) is 15.9 Å². The van der Waals surface area contributed by atoms with Gasteiger partial charge in [-0.3, -0.25) is 9.36 Å². The van der Waals surface area contributed by atoms with E-state index in [-0.39, 0.29) is 5.56 Å². The molecular formula is C20H20N4O2S2. The molecule has 8 heteroatoms. The molecule has 0 aliphatic heterocycles. The van der Waals surface area contributed by atoms with Crippen molar-refractivity contribution in [1.29, 1.82) is 0 Å². The lowest BCUT2D eigenvalue weighted by atomic mass is 10.1. The topological polar surface area (TPSA) is 73.8 Å². The summed E-state index contributed by atoms with van der Waals surface area (Å²) in [4.78, 5) is 24.1. The molecule has 0 aliphatic rings. The van der Waals surface area contributed by atoms with Crippen molar-refractivity contribution in [2.75, 3.05) is 0 Å². The molecule has 0 spiro atoms. The van der Waals surface area contributed by atoms with Crippen LogP contribution in [0.15, 0.2) is 38.7 Å². The van der Waals surface area contributed by atoms with Gasteiger partial charge in [0.2, 0.25) is 11.7 Å². The van der Waals surface area contributed by atoms with E-state index in [0.29, 0.717) is 29.2 Å². The Morgan fingerprint density at radius 2 is 1.96 bits per heavy atom. The molecule has 6 nitrogen and oxygen atoms in total. The van der Waals surface area contributed by atoms with Crippen LogP contribution in [0.1, 0.15) is 28.8 Å². The third-order valence-electron chi connectivity index (χ3n) is 4.75. The Morgan fingerprint density at radius 1 is 1.18 bits per heavy atom. The van der Waals surface area contributed by atoms with E-state index in [9.17, 15) is 4.79 Å². The number of aromatic nitrogens is 4. The average Bonchev–Trinajstić information content (AvgIpc) is 3.25. The van der Waals surface area contributed by atoms with Gasteiger partial charge < -0.3 is 4.52 Å². The van der Waals surface area contributed by atoms with Gasteiger partial charge in [0.1, 0.15) is 4.83 Å². The Balaban J connectivity index is 1.63. The van der Waals surface area contributed by atoms with Gasteiger partial charge in [0, 0.05) is 17.0 Å². The summed E-state index contributed by atoms with van der Waals surface area (Å²) in [7, 11) is 0. The minimum atomic E-state index is 0.0166. The van der Waals surface area contributed by atoms with Crippen molar-refractivity contribution in [2.45, 2.75) is 45.1 Å². The average molecular weight is 413 g/mol. The molecule has 0 amide bonds. The highest BCUT2D eigenvalue weighted by Gasteiger charge is 2.17. The van der Waals surface area contributed by atoms with Crippen molar-refractivity contribution >= 4 is 33.3 Å². The van der Waals surface area contributed by atoms with Gasteiger partial charge >= 0.3 is 0 Å². The molecule has 0 N–H and O–H groups in total. The highest BCUT2D eigenvalue weighted by Crippen LogP contribution is 2.29. The van der Waals surface area contributed by atoms with Crippen LogP contribution in [-0.2, 0) is 12.3 Å². The van der Waals surface area contributed by atoms with Gasteiger partial charge in [0.15, 0.2) is 5.16 Å². The summed E-state index contributed by atoms with van der Waals surface area (Å²) in [5, 5.41) is 5.51. The van der Waals surface area contributed by atoms with Crippen molar-refractivity contribution in [1.82, 2.24) is 19.7 Å². The Hall–Kier alpha value is -2.45. The summed E-state index contributed by atoms with van der Waals surface area (Å²) in [5.74, 6) is 1.55. The maximum Gasteiger partial charge on any atom is 0.263 e. The number of thiophene rings is 1. The van der Waals surface area contributed by atoms with Crippen LogP contribution in [0.2, 0.25) is 0 Å². The molecule has 0 radical (unpaired) electrons. The standard InChI is InChI=1S/C20H20N4O2S2/c1-5-24-19(25)16-12(3)13(4)28-18(16)22-20(24)27-10-15-21-17(23-26-15)14-9-7-6-8-11(14)2/h6-9H,5,10H2,1-4H3. The summed E-state index contributed by atoms with van der Waals surface area (Å²) >= 11 is 3.01. The van der Waals surface area contributed by atoms with E-state index in [1.807, 2.05) is 52.0 Å². The quantitative estimate of drug-likeness (QED) is 0.348. The van der Waals surface area contributed by atoms with Crippen molar-refractivity contribution < 1.29 is 4.52 Å². The zero-order valence-corrected chi connectivity index (χ0v) is 17.8. The predicted molar refractivity (Wildman–Crippen MR) is 113 cm³/mol. The molecule has 1 aromatic carbocycles. The van der Waals surface area contributed by atoms with Gasteiger partial charge in [-0.1, -0.05) is 41.2 Å². The van der Waals surface area contributed by atoms with Crippen LogP contribution in [0.4, 0.5) is 0 Å². The van der Waals surface area contributed by atoms with Crippen LogP contribution in [0.25, 0.3) is 21.6 Å². The monoisotopic (exact) mass is 412 g/mol. The first-order valence-corrected chi connectivity index (χ1v) is 10.8. The lowest BCUT2D eigenvalue weighted by Gasteiger charge is -2.08. The summed E-state index contributed by atoms with van der Waals surface area (Å²) in [6, 6.07) is 7.93. The summed E-state index contributed by atoms with van der Waals surface area (Å²) in [6.07, 6.45) is 0. The second kappa shape index (κ2) is 7.52. The molecule has 0 saturated heterocycles. The first-order valence-electron chi connectivity index (χ1n) is 9.01. The molecule has 0 fully saturated rings. The van der Waals surface area contributed by atoms with Crippen LogP contribution >= 0.6 is 23.1 Å². The van der Waals surface area contributed by atoms with Gasteiger partial charge in [-0.05, 0) is 38.8 Å². The van der Waals surface area contributed by atoms with Gasteiger partial charge in [0.05, 0.1) is 11.1 Å². The molecule has 0 saturated carbocycles. The Kier molecular flexibility index (Phi) is 5.07. The lowest BCUT2D eigenvalue weighted by Crippen LogP contribution is -2.22. The maximum atomic E-state index is 12.9. The summed E-state index contributed by atoms with van der Waals surface area (Å²) < 4.78 is 7.13. The van der Waals surface area contributed by atoms with Crippen LogP contribution in [-0.4, -0.2) is 19.7 Å². The van der Waals surface area contributed by atoms with Gasteiger partial charge in [-0.15, -0.1) is 11.3 Å². The summed E-state index contributed by atoms with van der Waals surface area (Å²) in [5.41, 5.74) is 3.09. The van der Waals surface area contributed by atoms with E-state index in [4.69, 9.17) is 9.51 Å². The van der Waals surface area contributed by atoms with E-state index in [0.717, 1.165) is 31.8 Å². The number of rotatable bonds is 5. The van der Waals surface area contributed by atoms with Crippen molar-refractivity contribution in [3.05, 3.63) is 56.5 Å². The number of hydrogen-bond acceptors (Lipinski definition) is 7. The molecule has 4 aromatic rings. The van der Waals surface area contributed by atoms with Crippen LogP contribution in [0, 0.1) is 20.8 Å². The largest absolute Gasteiger partial charge is 0.338 e. The Labute approximate surface area is 170 Å². The first-order chi connectivity index (χ1) is 13.5. The van der Waals surface area contributed by atoms with Crippen LogP contribution in [0.3, 0.4) is 0 Å². The predicted octanol–water partition coefficient (Wildman–Crippen LogP) is 4.75. The molecule has 0 unspecified atom stereocenters. The fraction of sp³-hybridized carbons (Fsp3) is 0.300. The van der Waals surface area contributed by atoms with E-state index in [2.05, 4.69) is 10.1 Å². The molecule has 0 atom stereocenters. The second-order valence-corrected chi connectivity index (χ2v) is 8.67. The molecule has 0 aliphatic carbocycles. The minimum absolute atomic E-state index is 0.0166. The number of thioether (sulfide) groups is 1. The zero-order chi connectivity index (χ0) is 19.8. The highest BCUT2D eigenvalue weighted by atomic mass is 32.2. The zero-order valence-electron chi connectivity index (χ0n) is 16.1. The van der Waals surface area contributed by atoms with Crippen LogP contribution < -0.4 is 5.56 Å². The summed E-state index contributed by atoms with van der Waals surface area (Å²) in [6.45, 7) is 8.54. The number of fused-ring (bicyclic) bond motifs is 1. The van der Waals surface area contributed by atoms with Gasteiger partial charge in [-0.2, -0.15) is 4.98 Å². The molecule has 3 aromatic heterocycles. The minimum Gasteiger partial charge on any atom is -0.338 e. The fourth-order valence-corrected chi connectivity index (χ4v) is 5.04. The Morgan fingerprint density at radius 3 is 2.71 bits per heavy atom. The molecule has 144 valence electrons. The fourth-order valence-electron chi connectivity index (χ4n) is 3.07. The number of aryl methyl sites for hydroxylation is 3. The second-order valence-electron chi connectivity index (χ2n) is 6.52. The smallest absolute Gasteiger partial charge is 0.263 e. The molecular weight excluding hydrogens is 392 g/mol. The SMILES string of the molecule is CCn1c(SCc2nc(-c3ccccc3C)no2)nc2sc(C)c(C)c2c1=O. The Bertz CT molecular complexity index is 1220. The van der Waals surface area contributed by atoms with E-state index in [1.165, 1.54) is 11.8 Å². The first kappa shape index (κ1) is 18.9. The van der Waals surface area contributed by atoms with Gasteiger partial charge in [-0.25, -0.2) is 4.98 Å². The van der Waals surface area contributed by atoms with Crippen molar-refractivity contribution in [2.24, 2.45) is 0 Å². The number of hydrogen-bond donors (Lipinski definition) is 0. The maximum absolute atomic E-state index is 12.9. The van der Waals surface area contributed by atoms with Crippen LogP contribution in [0.5, 0.6) is 0 Å². The van der Waals surface area contributed by atoms with E-state index < -0.39 is 0 Å². The lowest BCUT2D eigenvalue weighted by molar-refractivity contribution is 0.391. The molecule has 0 bridgehead atoms. The van der Waals surface area contributed by atoms with Crippen molar-refractivity contribution in [3.63, 3.8) is 0 Å². The van der Waals surface area contributed by atoms with Crippen molar-refractivity contribution in [3.8, 4) is 11.4 Å². The van der Waals surface area contributed by atoms with Gasteiger partial charge in [0.25, 0.3) is 5.56 Å². The third kappa shape index (κ3) is 3.27. The number of benzene rings is 1. The third-order valence-corrected chi connectivity index (χ3v) is 6.81. The normalized spacial score (nSPS) is 11.4. The van der Waals surface area contributed by atoms with E-state index >= 15 is 0 Å². The molecule has 4 rings (SSSR count).